The second-order valence-corrected chi connectivity index (χ2v) is 6.78. The van der Waals surface area contributed by atoms with E-state index in [2.05, 4.69) is 5.32 Å². The van der Waals surface area contributed by atoms with Gasteiger partial charge in [-0.3, -0.25) is 0 Å². The van der Waals surface area contributed by atoms with Crippen LogP contribution in [0.3, 0.4) is 0 Å². The molecule has 0 heterocycles. The molecule has 0 aliphatic heterocycles. The van der Waals surface area contributed by atoms with Crippen molar-refractivity contribution in [1.29, 1.82) is 0 Å². The van der Waals surface area contributed by atoms with Gasteiger partial charge in [0, 0.05) is 6.04 Å². The van der Waals surface area contributed by atoms with E-state index in [0.29, 0.717) is 6.04 Å². The largest absolute Gasteiger partial charge is 0.310 e. The van der Waals surface area contributed by atoms with Crippen LogP contribution in [-0.2, 0) is 6.42 Å². The van der Waals surface area contributed by atoms with Crippen molar-refractivity contribution in [3.05, 3.63) is 35.1 Å². The van der Waals surface area contributed by atoms with Crippen LogP contribution in [0.25, 0.3) is 0 Å². The van der Waals surface area contributed by atoms with E-state index < -0.39 is 0 Å². The van der Waals surface area contributed by atoms with Crippen molar-refractivity contribution in [2.24, 2.45) is 17.8 Å². The third kappa shape index (κ3) is 2.10. The summed E-state index contributed by atoms with van der Waals surface area (Å²) in [4.78, 5) is 0. The molecule has 102 valence electrons. The SMILES string of the molecule is Fc1ccc2c(c1)CCC2NCC1CC2CCC1C2. The predicted molar refractivity (Wildman–Crippen MR) is 74.4 cm³/mol. The van der Waals surface area contributed by atoms with Gasteiger partial charge in [0.05, 0.1) is 0 Å². The smallest absolute Gasteiger partial charge is 0.123 e. The van der Waals surface area contributed by atoms with Crippen molar-refractivity contribution in [3.8, 4) is 0 Å². The molecule has 0 radical (unpaired) electrons. The number of nitrogens with one attached hydrogen (secondary N) is 1. The molecule has 0 amide bonds. The monoisotopic (exact) mass is 259 g/mol. The Morgan fingerprint density at radius 2 is 2.11 bits per heavy atom. The van der Waals surface area contributed by atoms with Crippen LogP contribution in [0.4, 0.5) is 4.39 Å². The van der Waals surface area contributed by atoms with Crippen molar-refractivity contribution in [3.63, 3.8) is 0 Å². The van der Waals surface area contributed by atoms with Crippen LogP contribution in [0.5, 0.6) is 0 Å². The topological polar surface area (TPSA) is 12.0 Å². The summed E-state index contributed by atoms with van der Waals surface area (Å²) in [5.74, 6) is 2.84. The molecule has 3 aliphatic rings. The third-order valence-corrected chi connectivity index (χ3v) is 5.69. The Hall–Kier alpha value is -0.890. The van der Waals surface area contributed by atoms with Gasteiger partial charge in [-0.1, -0.05) is 12.5 Å². The molecule has 1 N–H and O–H groups in total. The standard InChI is InChI=1S/C17H22FN/c18-15-4-5-16-13(9-15)3-6-17(16)19-10-14-8-11-1-2-12(14)7-11/h4-5,9,11-12,14,17,19H,1-3,6-8,10H2. The number of hydrogen-bond acceptors (Lipinski definition) is 1. The molecule has 4 rings (SSSR count). The fraction of sp³-hybridized carbons (Fsp3) is 0.647. The molecule has 4 unspecified atom stereocenters. The van der Waals surface area contributed by atoms with Crippen LogP contribution in [0.15, 0.2) is 18.2 Å². The minimum atomic E-state index is -0.0903. The predicted octanol–water partition coefficient (Wildman–Crippen LogP) is 3.84. The first-order chi connectivity index (χ1) is 9.29. The van der Waals surface area contributed by atoms with Crippen molar-refractivity contribution in [2.75, 3.05) is 6.54 Å². The minimum absolute atomic E-state index is 0.0903. The highest BCUT2D eigenvalue weighted by Crippen LogP contribution is 2.48. The molecule has 1 aromatic carbocycles. The summed E-state index contributed by atoms with van der Waals surface area (Å²) in [5, 5.41) is 3.76. The van der Waals surface area contributed by atoms with E-state index >= 15 is 0 Å². The van der Waals surface area contributed by atoms with Gasteiger partial charge in [0.1, 0.15) is 5.82 Å². The Kier molecular flexibility index (Phi) is 2.87. The van der Waals surface area contributed by atoms with Crippen molar-refractivity contribution < 1.29 is 4.39 Å². The van der Waals surface area contributed by atoms with Crippen molar-refractivity contribution in [1.82, 2.24) is 5.32 Å². The lowest BCUT2D eigenvalue weighted by Crippen LogP contribution is -2.29. The van der Waals surface area contributed by atoms with Gasteiger partial charge in [-0.2, -0.15) is 0 Å². The Bertz CT molecular complexity index is 484. The van der Waals surface area contributed by atoms with E-state index in [0.717, 1.165) is 30.6 Å². The van der Waals surface area contributed by atoms with Crippen LogP contribution in [-0.4, -0.2) is 6.54 Å². The summed E-state index contributed by atoms with van der Waals surface area (Å²) in [6.07, 6.45) is 8.04. The number of aryl methyl sites for hydroxylation is 1. The average Bonchev–Trinajstić information content (AvgIpc) is 3.10. The normalized spacial score (nSPS) is 35.8. The first-order valence-electron chi connectivity index (χ1n) is 7.81. The van der Waals surface area contributed by atoms with Crippen LogP contribution in [0, 0.1) is 23.6 Å². The molecule has 0 saturated heterocycles. The van der Waals surface area contributed by atoms with Crippen LogP contribution in [0.2, 0.25) is 0 Å². The Balaban J connectivity index is 1.40. The fourth-order valence-electron chi connectivity index (χ4n) is 4.72. The molecule has 1 nitrogen and oxygen atoms in total. The van der Waals surface area contributed by atoms with E-state index in [1.165, 1.54) is 43.4 Å². The molecule has 0 spiro atoms. The van der Waals surface area contributed by atoms with Gasteiger partial charge >= 0.3 is 0 Å². The second kappa shape index (κ2) is 4.59. The van der Waals surface area contributed by atoms with Gasteiger partial charge in [-0.15, -0.1) is 0 Å². The quantitative estimate of drug-likeness (QED) is 0.869. The molecule has 4 atom stereocenters. The summed E-state index contributed by atoms with van der Waals surface area (Å²) in [6.45, 7) is 1.17. The first kappa shape index (κ1) is 11.9. The Labute approximate surface area is 114 Å². The highest BCUT2D eigenvalue weighted by Gasteiger charge is 2.39. The molecule has 2 saturated carbocycles. The summed E-state index contributed by atoms with van der Waals surface area (Å²) in [7, 11) is 0. The zero-order chi connectivity index (χ0) is 12.8. The van der Waals surface area contributed by atoms with E-state index in [1.807, 2.05) is 6.07 Å². The molecule has 3 aliphatic carbocycles. The number of fused-ring (bicyclic) bond motifs is 3. The number of rotatable bonds is 3. The maximum absolute atomic E-state index is 13.2. The first-order valence-corrected chi connectivity index (χ1v) is 7.81. The lowest BCUT2D eigenvalue weighted by Gasteiger charge is -2.24. The summed E-state index contributed by atoms with van der Waals surface area (Å²) < 4.78 is 13.2. The molecule has 2 fully saturated rings. The zero-order valence-electron chi connectivity index (χ0n) is 11.4. The molecule has 0 aromatic heterocycles. The lowest BCUT2D eigenvalue weighted by molar-refractivity contribution is 0.306. The average molecular weight is 259 g/mol. The molecular weight excluding hydrogens is 237 g/mol. The summed E-state index contributed by atoms with van der Waals surface area (Å²) >= 11 is 0. The van der Waals surface area contributed by atoms with E-state index in [4.69, 9.17) is 0 Å². The number of benzene rings is 1. The minimum Gasteiger partial charge on any atom is -0.310 e. The molecular formula is C17H22FN. The Morgan fingerprint density at radius 1 is 1.16 bits per heavy atom. The fourth-order valence-corrected chi connectivity index (χ4v) is 4.72. The lowest BCUT2D eigenvalue weighted by atomic mass is 9.88. The van der Waals surface area contributed by atoms with Crippen molar-refractivity contribution in [2.45, 2.75) is 44.6 Å². The highest BCUT2D eigenvalue weighted by atomic mass is 19.1. The van der Waals surface area contributed by atoms with Gasteiger partial charge in [0.2, 0.25) is 0 Å². The van der Waals surface area contributed by atoms with E-state index in [-0.39, 0.29) is 5.82 Å². The number of hydrogen-bond donors (Lipinski definition) is 1. The molecule has 2 heteroatoms. The van der Waals surface area contributed by atoms with Crippen LogP contribution < -0.4 is 5.32 Å². The zero-order valence-corrected chi connectivity index (χ0v) is 11.4. The maximum Gasteiger partial charge on any atom is 0.123 e. The van der Waals surface area contributed by atoms with Gasteiger partial charge in [0.15, 0.2) is 0 Å². The van der Waals surface area contributed by atoms with Crippen LogP contribution in [0.1, 0.15) is 49.3 Å². The second-order valence-electron chi connectivity index (χ2n) is 6.78. The molecule has 2 bridgehead atoms. The van der Waals surface area contributed by atoms with Crippen molar-refractivity contribution >= 4 is 0 Å². The van der Waals surface area contributed by atoms with Gasteiger partial charge < -0.3 is 5.32 Å². The number of halogens is 1. The Morgan fingerprint density at radius 3 is 2.89 bits per heavy atom. The van der Waals surface area contributed by atoms with Gasteiger partial charge in [-0.25, -0.2) is 4.39 Å². The highest BCUT2D eigenvalue weighted by molar-refractivity contribution is 5.34. The summed E-state index contributed by atoms with van der Waals surface area (Å²) in [5.41, 5.74) is 2.55. The van der Waals surface area contributed by atoms with Gasteiger partial charge in [-0.05, 0) is 79.7 Å². The maximum atomic E-state index is 13.2. The van der Waals surface area contributed by atoms with Crippen LogP contribution >= 0.6 is 0 Å². The molecule has 19 heavy (non-hydrogen) atoms. The van der Waals surface area contributed by atoms with Gasteiger partial charge in [0.25, 0.3) is 0 Å². The molecule has 1 aromatic rings. The summed E-state index contributed by atoms with van der Waals surface area (Å²) in [6, 6.07) is 5.77. The third-order valence-electron chi connectivity index (χ3n) is 5.69. The van der Waals surface area contributed by atoms with E-state index in [9.17, 15) is 4.39 Å². The van der Waals surface area contributed by atoms with E-state index in [1.54, 1.807) is 12.1 Å².